The molecule has 0 spiro atoms. The van der Waals surface area contributed by atoms with Gasteiger partial charge in [-0.15, -0.1) is 11.3 Å². The van der Waals surface area contributed by atoms with Gasteiger partial charge in [-0.05, 0) is 55.2 Å². The molecule has 142 valence electrons. The van der Waals surface area contributed by atoms with Crippen molar-refractivity contribution in [2.45, 2.75) is 25.3 Å². The van der Waals surface area contributed by atoms with E-state index in [1.807, 2.05) is 47.4 Å². The summed E-state index contributed by atoms with van der Waals surface area (Å²) in [6.45, 7) is 1.02. The number of aromatic nitrogens is 1. The number of thiazole rings is 1. The number of hydrogen-bond acceptors (Lipinski definition) is 5. The molecule has 3 heterocycles. The Morgan fingerprint density at radius 2 is 2.04 bits per heavy atom. The highest BCUT2D eigenvalue weighted by Gasteiger charge is 2.29. The summed E-state index contributed by atoms with van der Waals surface area (Å²) in [7, 11) is 0. The highest BCUT2D eigenvalue weighted by atomic mass is 32.1. The molecule has 0 aliphatic carbocycles. The predicted molar refractivity (Wildman–Crippen MR) is 110 cm³/mol. The average molecular weight is 392 g/mol. The third-order valence-electron chi connectivity index (χ3n) is 5.20. The van der Waals surface area contributed by atoms with Gasteiger partial charge >= 0.3 is 0 Å². The van der Waals surface area contributed by atoms with Crippen molar-refractivity contribution in [2.75, 3.05) is 13.3 Å². The van der Waals surface area contributed by atoms with Crippen LogP contribution < -0.4 is 9.47 Å². The maximum atomic E-state index is 13.0. The second-order valence-corrected chi connectivity index (χ2v) is 8.07. The minimum absolute atomic E-state index is 0.0293. The summed E-state index contributed by atoms with van der Waals surface area (Å²) in [5.74, 6) is 1.50. The van der Waals surface area contributed by atoms with E-state index in [9.17, 15) is 4.79 Å². The zero-order valence-electron chi connectivity index (χ0n) is 15.3. The van der Waals surface area contributed by atoms with Gasteiger partial charge in [0, 0.05) is 12.6 Å². The highest BCUT2D eigenvalue weighted by Crippen LogP contribution is 2.36. The van der Waals surface area contributed by atoms with Gasteiger partial charge in [0.2, 0.25) is 12.7 Å². The van der Waals surface area contributed by atoms with Gasteiger partial charge in [-0.2, -0.15) is 0 Å². The van der Waals surface area contributed by atoms with Crippen molar-refractivity contribution in [1.29, 1.82) is 0 Å². The number of piperidine rings is 1. The maximum absolute atomic E-state index is 13.0. The minimum Gasteiger partial charge on any atom is -0.454 e. The van der Waals surface area contributed by atoms with E-state index in [1.54, 1.807) is 17.4 Å². The van der Waals surface area contributed by atoms with Gasteiger partial charge in [0.05, 0.1) is 16.3 Å². The molecule has 0 unspecified atom stereocenters. The molecule has 1 saturated heterocycles. The van der Waals surface area contributed by atoms with E-state index >= 15 is 0 Å². The van der Waals surface area contributed by atoms with Gasteiger partial charge in [-0.3, -0.25) is 4.79 Å². The smallest absolute Gasteiger partial charge is 0.247 e. The average Bonchev–Trinajstić information content (AvgIpc) is 3.38. The standard InChI is InChI=1S/C22H20N2O3S/c25-21(11-9-15-8-10-18-19(13-15)27-14-26-18)24-12-4-3-6-17(24)22-23-16-5-1-2-7-20(16)28-22/h1-2,5,7-11,13,17H,3-4,6,12,14H2/b11-9+/t17-/m1/s1. The number of rotatable bonds is 3. The third kappa shape index (κ3) is 3.24. The van der Waals surface area contributed by atoms with E-state index in [2.05, 4.69) is 6.07 Å². The Hall–Kier alpha value is -2.86. The molecule has 1 atom stereocenters. The van der Waals surface area contributed by atoms with Crippen LogP contribution in [0.2, 0.25) is 0 Å². The van der Waals surface area contributed by atoms with Gasteiger partial charge < -0.3 is 14.4 Å². The van der Waals surface area contributed by atoms with E-state index in [0.717, 1.165) is 53.4 Å². The number of likely N-dealkylation sites (tertiary alicyclic amines) is 1. The molecule has 2 aromatic carbocycles. The molecule has 1 fully saturated rings. The zero-order valence-corrected chi connectivity index (χ0v) is 16.2. The van der Waals surface area contributed by atoms with Crippen LogP contribution in [0, 0.1) is 0 Å². The van der Waals surface area contributed by atoms with Crippen molar-refractivity contribution in [3.63, 3.8) is 0 Å². The predicted octanol–water partition coefficient (Wildman–Crippen LogP) is 4.79. The number of para-hydroxylation sites is 1. The van der Waals surface area contributed by atoms with Crippen LogP contribution in [0.5, 0.6) is 11.5 Å². The lowest BCUT2D eigenvalue weighted by Gasteiger charge is -2.33. The van der Waals surface area contributed by atoms with Crippen molar-refractivity contribution >= 4 is 33.5 Å². The normalized spacial score (nSPS) is 18.9. The number of fused-ring (bicyclic) bond motifs is 2. The van der Waals surface area contributed by atoms with E-state index < -0.39 is 0 Å². The van der Waals surface area contributed by atoms with Crippen LogP contribution >= 0.6 is 11.3 Å². The molecule has 5 rings (SSSR count). The van der Waals surface area contributed by atoms with E-state index in [1.165, 1.54) is 4.70 Å². The molecule has 0 N–H and O–H groups in total. The highest BCUT2D eigenvalue weighted by molar-refractivity contribution is 7.18. The number of amides is 1. The van der Waals surface area contributed by atoms with E-state index in [4.69, 9.17) is 14.5 Å². The van der Waals surface area contributed by atoms with E-state index in [0.29, 0.717) is 0 Å². The SMILES string of the molecule is O=C(/C=C/c1ccc2c(c1)OCO2)N1CCCC[C@@H]1c1nc2ccccc2s1. The molecule has 3 aromatic rings. The second kappa shape index (κ2) is 7.28. The summed E-state index contributed by atoms with van der Waals surface area (Å²) in [5, 5.41) is 1.03. The van der Waals surface area contributed by atoms with Crippen LogP contribution in [0.1, 0.15) is 35.9 Å². The van der Waals surface area contributed by atoms with Crippen molar-refractivity contribution < 1.29 is 14.3 Å². The number of carbonyl (C=O) groups is 1. The van der Waals surface area contributed by atoms with Crippen molar-refractivity contribution in [3.8, 4) is 11.5 Å². The first-order valence-electron chi connectivity index (χ1n) is 9.52. The molecule has 1 amide bonds. The Morgan fingerprint density at radius 3 is 2.96 bits per heavy atom. The van der Waals surface area contributed by atoms with Gasteiger partial charge in [0.1, 0.15) is 5.01 Å². The second-order valence-electron chi connectivity index (χ2n) is 7.01. The van der Waals surface area contributed by atoms with Crippen LogP contribution in [0.4, 0.5) is 0 Å². The largest absolute Gasteiger partial charge is 0.454 e. The maximum Gasteiger partial charge on any atom is 0.247 e. The molecule has 0 saturated carbocycles. The zero-order chi connectivity index (χ0) is 18.9. The van der Waals surface area contributed by atoms with Gasteiger partial charge in [-0.1, -0.05) is 18.2 Å². The topological polar surface area (TPSA) is 51.7 Å². The first-order chi connectivity index (χ1) is 13.8. The van der Waals surface area contributed by atoms with Gasteiger partial charge in [0.15, 0.2) is 11.5 Å². The fourth-order valence-electron chi connectivity index (χ4n) is 3.76. The lowest BCUT2D eigenvalue weighted by atomic mass is 10.0. The Kier molecular flexibility index (Phi) is 4.49. The summed E-state index contributed by atoms with van der Waals surface area (Å²) in [6, 6.07) is 13.9. The molecule has 1 aromatic heterocycles. The number of nitrogens with zero attached hydrogens (tertiary/aromatic N) is 2. The van der Waals surface area contributed by atoms with Crippen LogP contribution in [0.15, 0.2) is 48.5 Å². The molecule has 5 nitrogen and oxygen atoms in total. The fraction of sp³-hybridized carbons (Fsp3) is 0.273. The number of benzene rings is 2. The van der Waals surface area contributed by atoms with Crippen molar-refractivity contribution in [2.24, 2.45) is 0 Å². The van der Waals surface area contributed by atoms with Crippen LogP contribution in [-0.4, -0.2) is 29.1 Å². The van der Waals surface area contributed by atoms with Gasteiger partial charge in [-0.25, -0.2) is 4.98 Å². The van der Waals surface area contributed by atoms with E-state index in [-0.39, 0.29) is 18.7 Å². The summed E-state index contributed by atoms with van der Waals surface area (Å²) in [6.07, 6.45) is 6.61. The molecule has 28 heavy (non-hydrogen) atoms. The summed E-state index contributed by atoms with van der Waals surface area (Å²) in [4.78, 5) is 19.7. The Balaban J connectivity index is 1.37. The van der Waals surface area contributed by atoms with Crippen LogP contribution in [0.3, 0.4) is 0 Å². The minimum atomic E-state index is 0.0293. The lowest BCUT2D eigenvalue weighted by molar-refractivity contribution is -0.129. The van der Waals surface area contributed by atoms with Crippen molar-refractivity contribution in [1.82, 2.24) is 9.88 Å². The Morgan fingerprint density at radius 1 is 1.14 bits per heavy atom. The lowest BCUT2D eigenvalue weighted by Crippen LogP contribution is -2.37. The number of ether oxygens (including phenoxy) is 2. The quantitative estimate of drug-likeness (QED) is 0.601. The molecule has 0 bridgehead atoms. The Labute approximate surface area is 167 Å². The molecule has 2 aliphatic heterocycles. The van der Waals surface area contributed by atoms with Gasteiger partial charge in [0.25, 0.3) is 0 Å². The molecular formula is C22H20N2O3S. The molecule has 0 radical (unpaired) electrons. The summed E-state index contributed by atoms with van der Waals surface area (Å²) in [5.41, 5.74) is 1.93. The third-order valence-corrected chi connectivity index (χ3v) is 6.33. The first kappa shape index (κ1) is 17.3. The summed E-state index contributed by atoms with van der Waals surface area (Å²) < 4.78 is 11.9. The fourth-order valence-corrected chi connectivity index (χ4v) is 4.88. The number of carbonyl (C=O) groups excluding carboxylic acids is 1. The summed E-state index contributed by atoms with van der Waals surface area (Å²) >= 11 is 1.69. The molecular weight excluding hydrogens is 372 g/mol. The monoisotopic (exact) mass is 392 g/mol. The van der Waals surface area contributed by atoms with Crippen LogP contribution in [0.25, 0.3) is 16.3 Å². The molecule has 2 aliphatic rings. The van der Waals surface area contributed by atoms with Crippen LogP contribution in [-0.2, 0) is 4.79 Å². The molecule has 6 heteroatoms. The number of hydrogen-bond donors (Lipinski definition) is 0. The Bertz CT molecular complexity index is 1030. The van der Waals surface area contributed by atoms with Crippen molar-refractivity contribution in [3.05, 3.63) is 59.1 Å². The first-order valence-corrected chi connectivity index (χ1v) is 10.3.